The van der Waals surface area contributed by atoms with Gasteiger partial charge < -0.3 is 10.1 Å². The third kappa shape index (κ3) is 4.52. The molecule has 0 radical (unpaired) electrons. The number of rotatable bonds is 6. The molecule has 2 aromatic carbocycles. The minimum atomic E-state index is -4.01. The predicted octanol–water partition coefficient (Wildman–Crippen LogP) is 2.45. The number of aryl methyl sites for hydroxylation is 1. The van der Waals surface area contributed by atoms with Gasteiger partial charge in [-0.05, 0) is 30.7 Å². The maximum atomic E-state index is 12.3. The van der Waals surface area contributed by atoms with Crippen LogP contribution < -0.4 is 14.8 Å². The summed E-state index contributed by atoms with van der Waals surface area (Å²) in [5.41, 5.74) is 1.10. The number of anilines is 1. The van der Waals surface area contributed by atoms with Gasteiger partial charge in [-0.3, -0.25) is 4.79 Å². The van der Waals surface area contributed by atoms with Gasteiger partial charge in [0.15, 0.2) is 0 Å². The molecule has 0 aliphatic rings. The lowest BCUT2D eigenvalue weighted by molar-refractivity contribution is -0.115. The van der Waals surface area contributed by atoms with Crippen molar-refractivity contribution in [2.24, 2.45) is 0 Å². The van der Waals surface area contributed by atoms with Crippen LogP contribution in [0.1, 0.15) is 11.1 Å². The van der Waals surface area contributed by atoms with Crippen LogP contribution in [-0.4, -0.2) is 28.0 Å². The van der Waals surface area contributed by atoms with Crippen molar-refractivity contribution in [3.63, 3.8) is 0 Å². The van der Waals surface area contributed by atoms with E-state index in [2.05, 4.69) is 10.0 Å². The molecule has 26 heavy (non-hydrogen) atoms. The van der Waals surface area contributed by atoms with E-state index in [9.17, 15) is 13.2 Å². The van der Waals surface area contributed by atoms with Crippen LogP contribution in [-0.2, 0) is 14.8 Å². The molecular formula is C17H16ClN3O4S. The molecule has 0 fully saturated rings. The average Bonchev–Trinajstić information content (AvgIpc) is 2.63. The third-order valence-electron chi connectivity index (χ3n) is 3.47. The second-order valence-corrected chi connectivity index (χ2v) is 7.42. The Morgan fingerprint density at radius 3 is 2.65 bits per heavy atom. The SMILES string of the molecule is COc1cc(Cl)c(C)cc1NC(=O)CNS(=O)(=O)c1ccccc1C#N. The minimum Gasteiger partial charge on any atom is -0.495 e. The molecule has 0 saturated carbocycles. The zero-order chi connectivity index (χ0) is 19.3. The van der Waals surface area contributed by atoms with Gasteiger partial charge in [-0.1, -0.05) is 23.7 Å². The Morgan fingerprint density at radius 1 is 1.31 bits per heavy atom. The highest BCUT2D eigenvalue weighted by atomic mass is 35.5. The number of nitrogens with zero attached hydrogens (tertiary/aromatic N) is 1. The second kappa shape index (κ2) is 8.19. The Hall–Kier alpha value is -2.60. The maximum absolute atomic E-state index is 12.3. The van der Waals surface area contributed by atoms with Crippen molar-refractivity contribution >= 4 is 33.2 Å². The van der Waals surface area contributed by atoms with Crippen LogP contribution in [0.2, 0.25) is 5.02 Å². The van der Waals surface area contributed by atoms with Crippen molar-refractivity contribution < 1.29 is 17.9 Å². The molecule has 0 saturated heterocycles. The standard InChI is InChI=1S/C17H16ClN3O4S/c1-11-7-14(15(25-2)8-13(11)18)21-17(22)10-20-26(23,24)16-6-4-3-5-12(16)9-19/h3-8,20H,10H2,1-2H3,(H,21,22). The number of amides is 1. The van der Waals surface area contributed by atoms with Gasteiger partial charge in [0, 0.05) is 11.1 Å². The Labute approximate surface area is 156 Å². The molecule has 0 aromatic heterocycles. The number of benzene rings is 2. The lowest BCUT2D eigenvalue weighted by atomic mass is 10.2. The van der Waals surface area contributed by atoms with Crippen molar-refractivity contribution in [1.29, 1.82) is 5.26 Å². The molecule has 0 aliphatic heterocycles. The average molecular weight is 394 g/mol. The highest BCUT2D eigenvalue weighted by Crippen LogP contribution is 2.30. The fraction of sp³-hybridized carbons (Fsp3) is 0.176. The summed E-state index contributed by atoms with van der Waals surface area (Å²) in [6.07, 6.45) is 0. The fourth-order valence-electron chi connectivity index (χ4n) is 2.16. The van der Waals surface area contributed by atoms with E-state index in [1.807, 2.05) is 0 Å². The monoisotopic (exact) mass is 393 g/mol. The smallest absolute Gasteiger partial charge is 0.242 e. The summed E-state index contributed by atoms with van der Waals surface area (Å²) in [6, 6.07) is 10.7. The number of nitrogens with one attached hydrogen (secondary N) is 2. The molecule has 7 nitrogen and oxygen atoms in total. The third-order valence-corrected chi connectivity index (χ3v) is 5.34. The van der Waals surface area contributed by atoms with E-state index in [0.717, 1.165) is 5.56 Å². The van der Waals surface area contributed by atoms with Gasteiger partial charge in [0.05, 0.1) is 29.8 Å². The Morgan fingerprint density at radius 2 is 2.00 bits per heavy atom. The molecule has 0 aliphatic carbocycles. The first-order valence-corrected chi connectivity index (χ1v) is 9.27. The second-order valence-electron chi connectivity index (χ2n) is 5.28. The molecule has 0 unspecified atom stereocenters. The summed E-state index contributed by atoms with van der Waals surface area (Å²) in [5.74, 6) is -0.241. The van der Waals surface area contributed by atoms with Crippen LogP contribution >= 0.6 is 11.6 Å². The number of methoxy groups -OCH3 is 1. The molecule has 2 aromatic rings. The molecule has 2 rings (SSSR count). The first kappa shape index (κ1) is 19.7. The lowest BCUT2D eigenvalue weighted by Gasteiger charge is -2.13. The van der Waals surface area contributed by atoms with E-state index < -0.39 is 22.5 Å². The van der Waals surface area contributed by atoms with Gasteiger partial charge in [0.25, 0.3) is 0 Å². The van der Waals surface area contributed by atoms with E-state index in [-0.39, 0.29) is 10.5 Å². The van der Waals surface area contributed by atoms with E-state index in [0.29, 0.717) is 16.5 Å². The number of hydrogen-bond donors (Lipinski definition) is 2. The topological polar surface area (TPSA) is 108 Å². The van der Waals surface area contributed by atoms with Crippen LogP contribution in [0.15, 0.2) is 41.3 Å². The first-order valence-electron chi connectivity index (χ1n) is 7.41. The summed E-state index contributed by atoms with van der Waals surface area (Å²) in [6.45, 7) is 1.26. The molecule has 9 heteroatoms. The fourth-order valence-corrected chi connectivity index (χ4v) is 3.45. The van der Waals surface area contributed by atoms with Crippen LogP contribution in [0.25, 0.3) is 0 Å². The quantitative estimate of drug-likeness (QED) is 0.783. The number of ether oxygens (including phenoxy) is 1. The van der Waals surface area contributed by atoms with Crippen LogP contribution in [0.5, 0.6) is 5.75 Å². The van der Waals surface area contributed by atoms with Crippen molar-refractivity contribution in [3.05, 3.63) is 52.5 Å². The van der Waals surface area contributed by atoms with Crippen molar-refractivity contribution in [1.82, 2.24) is 4.72 Å². The van der Waals surface area contributed by atoms with Crippen LogP contribution in [0.4, 0.5) is 5.69 Å². The minimum absolute atomic E-state index is 0.00426. The van der Waals surface area contributed by atoms with E-state index in [4.69, 9.17) is 21.6 Å². The van der Waals surface area contributed by atoms with Gasteiger partial charge in [-0.2, -0.15) is 5.26 Å². The Bertz CT molecular complexity index is 984. The number of sulfonamides is 1. The predicted molar refractivity (Wildman–Crippen MR) is 97.7 cm³/mol. The number of nitriles is 1. The van der Waals surface area contributed by atoms with Crippen molar-refractivity contribution in [3.8, 4) is 11.8 Å². The van der Waals surface area contributed by atoms with E-state index in [1.165, 1.54) is 25.3 Å². The van der Waals surface area contributed by atoms with Crippen LogP contribution in [0.3, 0.4) is 0 Å². The van der Waals surface area contributed by atoms with E-state index >= 15 is 0 Å². The van der Waals surface area contributed by atoms with Gasteiger partial charge in [-0.15, -0.1) is 0 Å². The number of carbonyl (C=O) groups excluding carboxylic acids is 1. The van der Waals surface area contributed by atoms with E-state index in [1.54, 1.807) is 31.2 Å². The summed E-state index contributed by atoms with van der Waals surface area (Å²) >= 11 is 6.01. The Kier molecular flexibility index (Phi) is 6.21. The van der Waals surface area contributed by atoms with Crippen molar-refractivity contribution in [2.45, 2.75) is 11.8 Å². The molecule has 0 bridgehead atoms. The zero-order valence-corrected chi connectivity index (χ0v) is 15.6. The normalized spacial score (nSPS) is 10.8. The summed E-state index contributed by atoms with van der Waals surface area (Å²) in [4.78, 5) is 11.9. The molecule has 2 N–H and O–H groups in total. The molecule has 0 heterocycles. The van der Waals surface area contributed by atoms with Gasteiger partial charge in [0.1, 0.15) is 11.8 Å². The molecule has 1 amide bonds. The molecule has 136 valence electrons. The van der Waals surface area contributed by atoms with Gasteiger partial charge >= 0.3 is 0 Å². The zero-order valence-electron chi connectivity index (χ0n) is 14.0. The summed E-state index contributed by atoms with van der Waals surface area (Å²) < 4.78 is 31.9. The maximum Gasteiger partial charge on any atom is 0.242 e. The Balaban J connectivity index is 2.12. The van der Waals surface area contributed by atoms with Crippen molar-refractivity contribution in [2.75, 3.05) is 19.0 Å². The van der Waals surface area contributed by atoms with Gasteiger partial charge in [-0.25, -0.2) is 13.1 Å². The molecule has 0 spiro atoms. The van der Waals surface area contributed by atoms with Crippen LogP contribution in [0, 0.1) is 18.3 Å². The number of carbonyl (C=O) groups is 1. The summed E-state index contributed by atoms with van der Waals surface area (Å²) in [5, 5.41) is 12.1. The molecule has 0 atom stereocenters. The highest BCUT2D eigenvalue weighted by Gasteiger charge is 2.19. The summed E-state index contributed by atoms with van der Waals surface area (Å²) in [7, 11) is -2.58. The lowest BCUT2D eigenvalue weighted by Crippen LogP contribution is -2.33. The van der Waals surface area contributed by atoms with Gasteiger partial charge in [0.2, 0.25) is 15.9 Å². The largest absolute Gasteiger partial charge is 0.495 e. The number of hydrogen-bond acceptors (Lipinski definition) is 5. The molecular weight excluding hydrogens is 378 g/mol. The highest BCUT2D eigenvalue weighted by molar-refractivity contribution is 7.89. The first-order chi connectivity index (χ1) is 12.3. The number of halogens is 1.